The normalized spacial score (nSPS) is 11.2. The molecule has 2 rings (SSSR count). The molecule has 0 aliphatic rings. The SMILES string of the molecule is CCOc1cc(CCCNC(=NC)NCc2cccnc2OCCOC)ccc1OC. The molecule has 31 heavy (non-hydrogen) atoms. The number of hydrogen-bond donors (Lipinski definition) is 2. The van der Waals surface area contributed by atoms with Crippen molar-refractivity contribution in [3.05, 3.63) is 47.7 Å². The molecule has 0 amide bonds. The minimum absolute atomic E-state index is 0.462. The van der Waals surface area contributed by atoms with Gasteiger partial charge in [-0.15, -0.1) is 0 Å². The largest absolute Gasteiger partial charge is 0.493 e. The minimum atomic E-state index is 0.462. The maximum Gasteiger partial charge on any atom is 0.218 e. The van der Waals surface area contributed by atoms with Crippen LogP contribution in [0.3, 0.4) is 0 Å². The molecule has 8 heteroatoms. The van der Waals surface area contributed by atoms with Crippen molar-refractivity contribution in [2.75, 3.05) is 47.6 Å². The van der Waals surface area contributed by atoms with Crippen LogP contribution in [0, 0.1) is 0 Å². The Morgan fingerprint density at radius 3 is 2.68 bits per heavy atom. The number of ether oxygens (including phenoxy) is 4. The highest BCUT2D eigenvalue weighted by Gasteiger charge is 2.07. The minimum Gasteiger partial charge on any atom is -0.493 e. The number of hydrogen-bond acceptors (Lipinski definition) is 6. The molecule has 0 saturated carbocycles. The first-order valence-electron chi connectivity index (χ1n) is 10.5. The standard InChI is InChI=1S/C23H34N4O4/c1-5-30-21-16-18(10-11-20(21)29-4)8-6-13-26-23(24-2)27-17-19-9-7-12-25-22(19)31-15-14-28-3/h7,9-12,16H,5-6,8,13-15,17H2,1-4H3,(H2,24,26,27). The number of methoxy groups -OCH3 is 2. The third-order valence-electron chi connectivity index (χ3n) is 4.51. The van der Waals surface area contributed by atoms with Crippen LogP contribution < -0.4 is 24.8 Å². The summed E-state index contributed by atoms with van der Waals surface area (Å²) in [4.78, 5) is 8.59. The van der Waals surface area contributed by atoms with E-state index in [9.17, 15) is 0 Å². The molecule has 0 aliphatic heterocycles. The molecule has 0 spiro atoms. The van der Waals surface area contributed by atoms with Gasteiger partial charge in [0, 0.05) is 39.0 Å². The van der Waals surface area contributed by atoms with Crippen molar-refractivity contribution in [3.63, 3.8) is 0 Å². The Bertz CT molecular complexity index is 814. The lowest BCUT2D eigenvalue weighted by atomic mass is 10.1. The number of nitrogens with one attached hydrogen (secondary N) is 2. The molecule has 0 aliphatic carbocycles. The molecule has 0 atom stereocenters. The van der Waals surface area contributed by atoms with Crippen LogP contribution in [0.1, 0.15) is 24.5 Å². The zero-order valence-corrected chi connectivity index (χ0v) is 18.9. The van der Waals surface area contributed by atoms with Crippen LogP contribution >= 0.6 is 0 Å². The van der Waals surface area contributed by atoms with E-state index < -0.39 is 0 Å². The Labute approximate surface area is 185 Å². The number of aliphatic imine (C=N–C) groups is 1. The molecule has 0 unspecified atom stereocenters. The number of aryl methyl sites for hydroxylation is 1. The van der Waals surface area contributed by atoms with Crippen LogP contribution in [-0.4, -0.2) is 58.6 Å². The van der Waals surface area contributed by atoms with Crippen molar-refractivity contribution in [2.24, 2.45) is 4.99 Å². The average Bonchev–Trinajstić information content (AvgIpc) is 2.80. The van der Waals surface area contributed by atoms with Gasteiger partial charge in [-0.25, -0.2) is 4.98 Å². The van der Waals surface area contributed by atoms with E-state index in [0.29, 0.717) is 32.2 Å². The predicted octanol–water partition coefficient (Wildman–Crippen LogP) is 2.81. The number of benzene rings is 1. The molecular weight excluding hydrogens is 396 g/mol. The average molecular weight is 431 g/mol. The molecule has 2 aromatic rings. The van der Waals surface area contributed by atoms with E-state index in [4.69, 9.17) is 18.9 Å². The number of rotatable bonds is 13. The summed E-state index contributed by atoms with van der Waals surface area (Å²) in [5.41, 5.74) is 2.17. The molecule has 1 aromatic heterocycles. The molecule has 0 radical (unpaired) electrons. The highest BCUT2D eigenvalue weighted by atomic mass is 16.5. The summed E-state index contributed by atoms with van der Waals surface area (Å²) >= 11 is 0. The lowest BCUT2D eigenvalue weighted by Gasteiger charge is -2.14. The number of aromatic nitrogens is 1. The first kappa shape index (κ1) is 24.3. The topological polar surface area (TPSA) is 86.2 Å². The quantitative estimate of drug-likeness (QED) is 0.287. The first-order valence-corrected chi connectivity index (χ1v) is 10.5. The Morgan fingerprint density at radius 1 is 1.06 bits per heavy atom. The third-order valence-corrected chi connectivity index (χ3v) is 4.51. The van der Waals surface area contributed by atoms with Gasteiger partial charge in [-0.1, -0.05) is 12.1 Å². The van der Waals surface area contributed by atoms with Crippen molar-refractivity contribution < 1.29 is 18.9 Å². The molecule has 0 bridgehead atoms. The van der Waals surface area contributed by atoms with E-state index in [1.165, 1.54) is 5.56 Å². The van der Waals surface area contributed by atoms with Crippen LogP contribution in [0.5, 0.6) is 17.4 Å². The van der Waals surface area contributed by atoms with Gasteiger partial charge in [0.2, 0.25) is 5.88 Å². The van der Waals surface area contributed by atoms with E-state index in [-0.39, 0.29) is 0 Å². The maximum absolute atomic E-state index is 5.68. The summed E-state index contributed by atoms with van der Waals surface area (Å²) in [6.07, 6.45) is 3.60. The van der Waals surface area contributed by atoms with Crippen molar-refractivity contribution in [1.82, 2.24) is 15.6 Å². The zero-order chi connectivity index (χ0) is 22.3. The Kier molecular flexibility index (Phi) is 11.0. The molecule has 170 valence electrons. The van der Waals surface area contributed by atoms with Crippen molar-refractivity contribution in [3.8, 4) is 17.4 Å². The molecule has 2 N–H and O–H groups in total. The Hall–Kier alpha value is -3.00. The van der Waals surface area contributed by atoms with Gasteiger partial charge in [0.15, 0.2) is 17.5 Å². The summed E-state index contributed by atoms with van der Waals surface area (Å²) in [7, 11) is 5.05. The van der Waals surface area contributed by atoms with Crippen LogP contribution in [0.15, 0.2) is 41.5 Å². The fourth-order valence-electron chi connectivity index (χ4n) is 2.95. The Morgan fingerprint density at radius 2 is 1.94 bits per heavy atom. The van der Waals surface area contributed by atoms with E-state index in [0.717, 1.165) is 42.4 Å². The summed E-state index contributed by atoms with van der Waals surface area (Å²) in [6.45, 7) is 4.91. The monoisotopic (exact) mass is 430 g/mol. The van der Waals surface area contributed by atoms with Gasteiger partial charge in [0.1, 0.15) is 6.61 Å². The molecule has 0 fully saturated rings. The summed E-state index contributed by atoms with van der Waals surface area (Å²) < 4.78 is 21.7. The second-order valence-electron chi connectivity index (χ2n) is 6.68. The number of guanidine groups is 1. The number of nitrogens with zero attached hydrogens (tertiary/aromatic N) is 2. The highest BCUT2D eigenvalue weighted by molar-refractivity contribution is 5.79. The predicted molar refractivity (Wildman–Crippen MR) is 122 cm³/mol. The van der Waals surface area contributed by atoms with Gasteiger partial charge < -0.3 is 29.6 Å². The van der Waals surface area contributed by atoms with Crippen LogP contribution in [-0.2, 0) is 17.7 Å². The smallest absolute Gasteiger partial charge is 0.218 e. The van der Waals surface area contributed by atoms with Crippen molar-refractivity contribution in [2.45, 2.75) is 26.3 Å². The summed E-state index contributed by atoms with van der Waals surface area (Å²) in [5, 5.41) is 6.65. The molecule has 8 nitrogen and oxygen atoms in total. The van der Waals surface area contributed by atoms with Gasteiger partial charge >= 0.3 is 0 Å². The fraction of sp³-hybridized carbons (Fsp3) is 0.478. The third kappa shape index (κ3) is 8.33. The molecule has 1 aromatic carbocycles. The van der Waals surface area contributed by atoms with Gasteiger partial charge in [0.25, 0.3) is 0 Å². The number of pyridine rings is 1. The lowest BCUT2D eigenvalue weighted by molar-refractivity contribution is 0.143. The van der Waals surface area contributed by atoms with Crippen molar-refractivity contribution >= 4 is 5.96 Å². The van der Waals surface area contributed by atoms with E-state index in [1.54, 1.807) is 27.5 Å². The van der Waals surface area contributed by atoms with Crippen LogP contribution in [0.25, 0.3) is 0 Å². The van der Waals surface area contributed by atoms with Gasteiger partial charge in [-0.3, -0.25) is 4.99 Å². The maximum atomic E-state index is 5.68. The molecular formula is C23H34N4O4. The van der Waals surface area contributed by atoms with Gasteiger partial charge in [0.05, 0.1) is 20.3 Å². The van der Waals surface area contributed by atoms with Crippen LogP contribution in [0.4, 0.5) is 0 Å². The van der Waals surface area contributed by atoms with Gasteiger partial charge in [-0.05, 0) is 43.5 Å². The van der Waals surface area contributed by atoms with E-state index in [2.05, 4.69) is 26.7 Å². The summed E-state index contributed by atoms with van der Waals surface area (Å²) in [6, 6.07) is 9.94. The van der Waals surface area contributed by atoms with E-state index in [1.807, 2.05) is 31.2 Å². The summed E-state index contributed by atoms with van der Waals surface area (Å²) in [5.74, 6) is 2.88. The van der Waals surface area contributed by atoms with Gasteiger partial charge in [-0.2, -0.15) is 0 Å². The zero-order valence-electron chi connectivity index (χ0n) is 18.9. The van der Waals surface area contributed by atoms with E-state index >= 15 is 0 Å². The Balaban J connectivity index is 1.79. The highest BCUT2D eigenvalue weighted by Crippen LogP contribution is 2.28. The first-order chi connectivity index (χ1) is 15.2. The second kappa shape index (κ2) is 14.1. The molecule has 1 heterocycles. The van der Waals surface area contributed by atoms with Crippen LogP contribution in [0.2, 0.25) is 0 Å². The van der Waals surface area contributed by atoms with Crippen molar-refractivity contribution in [1.29, 1.82) is 0 Å². The molecule has 0 saturated heterocycles. The lowest BCUT2D eigenvalue weighted by Crippen LogP contribution is -2.37. The second-order valence-corrected chi connectivity index (χ2v) is 6.68. The fourth-order valence-corrected chi connectivity index (χ4v) is 2.95.